The van der Waals surface area contributed by atoms with Crippen molar-refractivity contribution in [2.75, 3.05) is 14.2 Å². The third kappa shape index (κ3) is 4.29. The molecule has 0 unspecified atom stereocenters. The largest absolute Gasteiger partial charge is 0.497 e. The van der Waals surface area contributed by atoms with Crippen LogP contribution in [0.25, 0.3) is 0 Å². The van der Waals surface area contributed by atoms with E-state index in [0.717, 1.165) is 22.6 Å². The third-order valence-corrected chi connectivity index (χ3v) is 4.02. The van der Waals surface area contributed by atoms with Crippen molar-refractivity contribution in [1.82, 2.24) is 5.32 Å². The summed E-state index contributed by atoms with van der Waals surface area (Å²) in [7, 11) is 3.28. The first-order valence-electron chi connectivity index (χ1n) is 6.93. The summed E-state index contributed by atoms with van der Waals surface area (Å²) in [5.41, 5.74) is 2.09. The number of methoxy groups -OCH3 is 2. The van der Waals surface area contributed by atoms with Gasteiger partial charge in [-0.15, -0.1) is 0 Å². The molecule has 0 aliphatic carbocycles. The van der Waals surface area contributed by atoms with Gasteiger partial charge in [0.1, 0.15) is 11.5 Å². The number of rotatable bonds is 6. The Bertz CT molecular complexity index is 624. The van der Waals surface area contributed by atoms with Gasteiger partial charge in [-0.2, -0.15) is 0 Å². The second kappa shape index (κ2) is 7.73. The Morgan fingerprint density at radius 1 is 1.00 bits per heavy atom. The number of benzene rings is 2. The zero-order valence-electron chi connectivity index (χ0n) is 12.8. The van der Waals surface area contributed by atoms with Gasteiger partial charge in [0.05, 0.1) is 14.2 Å². The maximum Gasteiger partial charge on any atom is 0.122 e. The summed E-state index contributed by atoms with van der Waals surface area (Å²) in [5, 5.41) is 4.74. The molecule has 0 amide bonds. The van der Waals surface area contributed by atoms with Crippen molar-refractivity contribution in [2.45, 2.75) is 19.5 Å². The van der Waals surface area contributed by atoms with E-state index in [4.69, 9.17) is 32.7 Å². The van der Waals surface area contributed by atoms with E-state index in [1.807, 2.05) is 30.3 Å². The van der Waals surface area contributed by atoms with Gasteiger partial charge < -0.3 is 14.8 Å². The lowest BCUT2D eigenvalue weighted by Crippen LogP contribution is -2.18. The molecule has 3 nitrogen and oxygen atoms in total. The summed E-state index contributed by atoms with van der Waals surface area (Å²) < 4.78 is 10.6. The summed E-state index contributed by atoms with van der Waals surface area (Å²) in [6.07, 6.45) is 0. The van der Waals surface area contributed by atoms with E-state index in [2.05, 4.69) is 12.2 Å². The van der Waals surface area contributed by atoms with Gasteiger partial charge in [0, 0.05) is 28.7 Å². The first-order valence-corrected chi connectivity index (χ1v) is 7.69. The fraction of sp³-hybridized carbons (Fsp3) is 0.294. The van der Waals surface area contributed by atoms with Crippen molar-refractivity contribution in [3.63, 3.8) is 0 Å². The minimum Gasteiger partial charge on any atom is -0.497 e. The topological polar surface area (TPSA) is 30.5 Å². The van der Waals surface area contributed by atoms with E-state index in [0.29, 0.717) is 16.6 Å². The highest BCUT2D eigenvalue weighted by atomic mass is 35.5. The van der Waals surface area contributed by atoms with Crippen LogP contribution < -0.4 is 14.8 Å². The molecule has 1 atom stereocenters. The smallest absolute Gasteiger partial charge is 0.122 e. The molecule has 0 aliphatic heterocycles. The van der Waals surface area contributed by atoms with Crippen molar-refractivity contribution < 1.29 is 9.47 Å². The van der Waals surface area contributed by atoms with Gasteiger partial charge in [-0.05, 0) is 42.3 Å². The predicted octanol–water partition coefficient (Wildman–Crippen LogP) is 4.86. The number of nitrogens with one attached hydrogen (secondary N) is 1. The van der Waals surface area contributed by atoms with Gasteiger partial charge in [-0.3, -0.25) is 0 Å². The molecule has 0 aliphatic rings. The van der Waals surface area contributed by atoms with E-state index in [-0.39, 0.29) is 6.04 Å². The quantitative estimate of drug-likeness (QED) is 0.814. The summed E-state index contributed by atoms with van der Waals surface area (Å²) in [5.74, 6) is 1.54. The Morgan fingerprint density at radius 3 is 2.18 bits per heavy atom. The van der Waals surface area contributed by atoms with Gasteiger partial charge in [0.15, 0.2) is 0 Å². The SMILES string of the molecule is COc1cc(CN[C@H](C)c2ccc(Cl)cc2Cl)cc(OC)c1. The monoisotopic (exact) mass is 339 g/mol. The van der Waals surface area contributed by atoms with Crippen molar-refractivity contribution in [3.05, 3.63) is 57.6 Å². The molecule has 0 saturated heterocycles. The van der Waals surface area contributed by atoms with Gasteiger partial charge >= 0.3 is 0 Å². The highest BCUT2D eigenvalue weighted by molar-refractivity contribution is 6.35. The summed E-state index contributed by atoms with van der Waals surface area (Å²) in [4.78, 5) is 0. The summed E-state index contributed by atoms with van der Waals surface area (Å²) in [6.45, 7) is 2.74. The Balaban J connectivity index is 2.08. The molecule has 5 heteroatoms. The zero-order chi connectivity index (χ0) is 16.1. The molecule has 2 aromatic carbocycles. The minimum atomic E-state index is 0.0990. The van der Waals surface area contributed by atoms with E-state index in [1.54, 1.807) is 20.3 Å². The lowest BCUT2D eigenvalue weighted by atomic mass is 10.1. The molecule has 22 heavy (non-hydrogen) atoms. The highest BCUT2D eigenvalue weighted by Crippen LogP contribution is 2.27. The van der Waals surface area contributed by atoms with Gasteiger partial charge in [-0.25, -0.2) is 0 Å². The van der Waals surface area contributed by atoms with Crippen LogP contribution in [0, 0.1) is 0 Å². The maximum absolute atomic E-state index is 6.24. The molecule has 2 aromatic rings. The van der Waals surface area contributed by atoms with Gasteiger partial charge in [0.2, 0.25) is 0 Å². The lowest BCUT2D eigenvalue weighted by Gasteiger charge is -2.17. The van der Waals surface area contributed by atoms with E-state index < -0.39 is 0 Å². The number of hydrogen-bond donors (Lipinski definition) is 1. The van der Waals surface area contributed by atoms with Crippen LogP contribution in [0.5, 0.6) is 11.5 Å². The van der Waals surface area contributed by atoms with Gasteiger partial charge in [0.25, 0.3) is 0 Å². The highest BCUT2D eigenvalue weighted by Gasteiger charge is 2.10. The molecule has 0 radical (unpaired) electrons. The molecule has 1 N–H and O–H groups in total. The molecule has 0 bridgehead atoms. The maximum atomic E-state index is 6.24. The van der Waals surface area contributed by atoms with Crippen LogP contribution >= 0.6 is 23.2 Å². The molecule has 0 aromatic heterocycles. The van der Waals surface area contributed by atoms with Crippen molar-refractivity contribution in [1.29, 1.82) is 0 Å². The number of halogens is 2. The van der Waals surface area contributed by atoms with Crippen LogP contribution in [0.4, 0.5) is 0 Å². The van der Waals surface area contributed by atoms with Crippen LogP contribution in [0.15, 0.2) is 36.4 Å². The van der Waals surface area contributed by atoms with E-state index >= 15 is 0 Å². The van der Waals surface area contributed by atoms with Crippen molar-refractivity contribution >= 4 is 23.2 Å². The second-order valence-electron chi connectivity index (χ2n) is 4.99. The molecule has 118 valence electrons. The van der Waals surface area contributed by atoms with Crippen molar-refractivity contribution in [2.24, 2.45) is 0 Å². The fourth-order valence-electron chi connectivity index (χ4n) is 2.20. The summed E-state index contributed by atoms with van der Waals surface area (Å²) >= 11 is 12.2. The van der Waals surface area contributed by atoms with Crippen LogP contribution in [0.1, 0.15) is 24.1 Å². The Kier molecular flexibility index (Phi) is 5.95. The molecular formula is C17H19Cl2NO2. The van der Waals surface area contributed by atoms with Gasteiger partial charge in [-0.1, -0.05) is 29.3 Å². The Labute approximate surface area is 141 Å². The van der Waals surface area contributed by atoms with Crippen LogP contribution in [-0.2, 0) is 6.54 Å². The fourth-order valence-corrected chi connectivity index (χ4v) is 2.77. The normalized spacial score (nSPS) is 12.0. The Morgan fingerprint density at radius 2 is 1.64 bits per heavy atom. The molecule has 2 rings (SSSR count). The second-order valence-corrected chi connectivity index (χ2v) is 5.83. The Hall–Kier alpha value is -1.42. The lowest BCUT2D eigenvalue weighted by molar-refractivity contribution is 0.392. The molecule has 0 heterocycles. The molecule has 0 fully saturated rings. The third-order valence-electron chi connectivity index (χ3n) is 3.45. The van der Waals surface area contributed by atoms with Crippen LogP contribution in [0.3, 0.4) is 0 Å². The van der Waals surface area contributed by atoms with E-state index in [9.17, 15) is 0 Å². The molecule has 0 spiro atoms. The zero-order valence-corrected chi connectivity index (χ0v) is 14.3. The first kappa shape index (κ1) is 16.9. The first-order chi connectivity index (χ1) is 10.5. The average Bonchev–Trinajstić information content (AvgIpc) is 2.52. The summed E-state index contributed by atoms with van der Waals surface area (Å²) in [6, 6.07) is 11.4. The molecule has 0 saturated carbocycles. The number of hydrogen-bond acceptors (Lipinski definition) is 3. The predicted molar refractivity (Wildman–Crippen MR) is 91.3 cm³/mol. The molecular weight excluding hydrogens is 321 g/mol. The van der Waals surface area contributed by atoms with Crippen LogP contribution in [0.2, 0.25) is 10.0 Å². The van der Waals surface area contributed by atoms with Crippen LogP contribution in [-0.4, -0.2) is 14.2 Å². The van der Waals surface area contributed by atoms with Crippen molar-refractivity contribution in [3.8, 4) is 11.5 Å². The average molecular weight is 340 g/mol. The minimum absolute atomic E-state index is 0.0990. The number of ether oxygens (including phenoxy) is 2. The van der Waals surface area contributed by atoms with E-state index in [1.165, 1.54) is 0 Å². The standard InChI is InChI=1S/C17H19Cl2NO2/c1-11(16-5-4-13(18)8-17(16)19)20-10-12-6-14(21-2)9-15(7-12)22-3/h4-9,11,20H,10H2,1-3H3/t11-/m1/s1.